The largest absolute Gasteiger partial charge is 0.573 e. The third-order valence-electron chi connectivity index (χ3n) is 4.85. The number of ether oxygens (including phenoxy) is 1. The Morgan fingerprint density at radius 1 is 1.07 bits per heavy atom. The van der Waals surface area contributed by atoms with E-state index < -0.39 is 12.4 Å². The van der Waals surface area contributed by atoms with Crippen molar-refractivity contribution in [2.75, 3.05) is 11.9 Å². The topological polar surface area (TPSA) is 53.9 Å². The van der Waals surface area contributed by atoms with Gasteiger partial charge in [-0.05, 0) is 60.7 Å². The van der Waals surface area contributed by atoms with Crippen molar-refractivity contribution in [3.05, 3.63) is 59.9 Å². The first-order valence-electron chi connectivity index (χ1n) is 9.07. The molecule has 0 saturated heterocycles. The van der Waals surface area contributed by atoms with Gasteiger partial charge in [0.25, 0.3) is 0 Å². The highest BCUT2D eigenvalue weighted by Gasteiger charge is 2.41. The lowest BCUT2D eigenvalue weighted by Gasteiger charge is -2.15. The maximum atomic E-state index is 13.2. The minimum absolute atomic E-state index is 0.0776. The summed E-state index contributed by atoms with van der Waals surface area (Å²) in [6, 6.07) is 10.4. The van der Waals surface area contributed by atoms with Crippen molar-refractivity contribution in [3.63, 3.8) is 0 Å². The SMILES string of the molecule is O=C(Nc1ccc(OC(F)(F)F)cc1)N1CC(C2CC2)C(c2ccc(F)cc2)=N1. The first-order chi connectivity index (χ1) is 13.8. The zero-order chi connectivity index (χ0) is 20.6. The van der Waals surface area contributed by atoms with Gasteiger partial charge in [-0.3, -0.25) is 0 Å². The molecule has 4 rings (SSSR count). The number of anilines is 1. The van der Waals surface area contributed by atoms with E-state index in [2.05, 4.69) is 15.2 Å². The Bertz CT molecular complexity index is 922. The Kier molecular flexibility index (Phi) is 4.89. The molecule has 29 heavy (non-hydrogen) atoms. The average Bonchev–Trinajstić information content (AvgIpc) is 3.41. The molecule has 5 nitrogen and oxygen atoms in total. The van der Waals surface area contributed by atoms with E-state index in [0.717, 1.165) is 36.2 Å². The number of nitrogens with zero attached hydrogens (tertiary/aromatic N) is 2. The third-order valence-corrected chi connectivity index (χ3v) is 4.85. The molecule has 1 aliphatic carbocycles. The highest BCUT2D eigenvalue weighted by molar-refractivity contribution is 6.05. The second-order valence-electron chi connectivity index (χ2n) is 7.02. The van der Waals surface area contributed by atoms with E-state index in [4.69, 9.17) is 0 Å². The quantitative estimate of drug-likeness (QED) is 0.725. The fraction of sp³-hybridized carbons (Fsp3) is 0.300. The van der Waals surface area contributed by atoms with Gasteiger partial charge in [0.1, 0.15) is 11.6 Å². The van der Waals surface area contributed by atoms with Crippen molar-refractivity contribution >= 4 is 17.4 Å². The molecule has 1 unspecified atom stereocenters. The maximum absolute atomic E-state index is 13.2. The first-order valence-corrected chi connectivity index (χ1v) is 9.07. The number of nitrogens with one attached hydrogen (secondary N) is 1. The first kappa shape index (κ1) is 19.2. The molecule has 9 heteroatoms. The van der Waals surface area contributed by atoms with Crippen LogP contribution in [-0.2, 0) is 0 Å². The summed E-state index contributed by atoms with van der Waals surface area (Å²) in [5, 5.41) is 8.36. The Labute approximate surface area is 164 Å². The van der Waals surface area contributed by atoms with Crippen LogP contribution in [0.25, 0.3) is 0 Å². The average molecular weight is 407 g/mol. The fourth-order valence-corrected chi connectivity index (χ4v) is 3.34. The van der Waals surface area contributed by atoms with Gasteiger partial charge in [0.05, 0.1) is 12.3 Å². The number of benzene rings is 2. The molecule has 2 aromatic rings. The number of hydrazone groups is 1. The Morgan fingerprint density at radius 2 is 1.72 bits per heavy atom. The number of carbonyl (C=O) groups excluding carboxylic acids is 1. The van der Waals surface area contributed by atoms with E-state index in [9.17, 15) is 22.4 Å². The van der Waals surface area contributed by atoms with Gasteiger partial charge in [-0.2, -0.15) is 5.10 Å². The molecule has 2 aliphatic rings. The van der Waals surface area contributed by atoms with Gasteiger partial charge in [0, 0.05) is 11.6 Å². The predicted octanol–water partition coefficient (Wildman–Crippen LogP) is 5.00. The number of hydrogen-bond acceptors (Lipinski definition) is 3. The molecule has 0 bridgehead atoms. The number of rotatable bonds is 4. The van der Waals surface area contributed by atoms with Crippen molar-refractivity contribution < 1.29 is 27.1 Å². The summed E-state index contributed by atoms with van der Waals surface area (Å²) in [6.07, 6.45) is -2.66. The summed E-state index contributed by atoms with van der Waals surface area (Å²) < 4.78 is 53.7. The van der Waals surface area contributed by atoms with Crippen LogP contribution in [-0.4, -0.2) is 29.7 Å². The number of alkyl halides is 3. The summed E-state index contributed by atoms with van der Waals surface area (Å²) in [5.41, 5.74) is 1.83. The predicted molar refractivity (Wildman–Crippen MR) is 98.0 cm³/mol. The van der Waals surface area contributed by atoms with Crippen molar-refractivity contribution in [2.24, 2.45) is 16.9 Å². The van der Waals surface area contributed by atoms with Gasteiger partial charge in [-0.15, -0.1) is 13.2 Å². The minimum atomic E-state index is -4.77. The van der Waals surface area contributed by atoms with Crippen molar-refractivity contribution in [2.45, 2.75) is 19.2 Å². The highest BCUT2D eigenvalue weighted by atomic mass is 19.4. The van der Waals surface area contributed by atoms with E-state index in [1.807, 2.05) is 0 Å². The number of urea groups is 1. The van der Waals surface area contributed by atoms with E-state index in [1.165, 1.54) is 29.3 Å². The second kappa shape index (κ2) is 7.38. The van der Waals surface area contributed by atoms with E-state index in [1.54, 1.807) is 12.1 Å². The van der Waals surface area contributed by atoms with Crippen molar-refractivity contribution in [1.82, 2.24) is 5.01 Å². The molecule has 1 atom stereocenters. The molecule has 1 fully saturated rings. The van der Waals surface area contributed by atoms with Gasteiger partial charge in [-0.25, -0.2) is 14.2 Å². The van der Waals surface area contributed by atoms with Crippen LogP contribution in [0, 0.1) is 17.7 Å². The van der Waals surface area contributed by atoms with Crippen LogP contribution in [0.5, 0.6) is 5.75 Å². The molecule has 2 amide bonds. The number of halogens is 4. The number of carbonyl (C=O) groups is 1. The Balaban J connectivity index is 1.46. The molecule has 0 spiro atoms. The van der Waals surface area contributed by atoms with Gasteiger partial charge in [0.2, 0.25) is 0 Å². The smallest absolute Gasteiger partial charge is 0.406 e. The fourth-order valence-electron chi connectivity index (χ4n) is 3.34. The summed E-state index contributed by atoms with van der Waals surface area (Å²) in [6.45, 7) is 0.401. The molecule has 1 aliphatic heterocycles. The minimum Gasteiger partial charge on any atom is -0.406 e. The van der Waals surface area contributed by atoms with Crippen LogP contribution >= 0.6 is 0 Å². The van der Waals surface area contributed by atoms with E-state index >= 15 is 0 Å². The van der Waals surface area contributed by atoms with E-state index in [0.29, 0.717) is 18.2 Å². The molecule has 1 saturated carbocycles. The normalized spacial score (nSPS) is 19.1. The highest BCUT2D eigenvalue weighted by Crippen LogP contribution is 2.41. The van der Waals surface area contributed by atoms with Gasteiger partial charge in [0.15, 0.2) is 0 Å². The Morgan fingerprint density at radius 3 is 2.31 bits per heavy atom. The van der Waals surface area contributed by atoms with Crippen LogP contribution in [0.2, 0.25) is 0 Å². The monoisotopic (exact) mass is 407 g/mol. The molecule has 2 aromatic carbocycles. The number of amides is 2. The third kappa shape index (κ3) is 4.67. The summed E-state index contributed by atoms with van der Waals surface area (Å²) in [5.74, 6) is -0.200. The van der Waals surface area contributed by atoms with Crippen LogP contribution in [0.4, 0.5) is 28.0 Å². The van der Waals surface area contributed by atoms with Crippen LogP contribution in [0.15, 0.2) is 53.6 Å². The Hall–Kier alpha value is -3.10. The van der Waals surface area contributed by atoms with Crippen molar-refractivity contribution in [3.8, 4) is 5.75 Å². The molecule has 0 radical (unpaired) electrons. The molecule has 1 N–H and O–H groups in total. The molecule has 0 aromatic heterocycles. The van der Waals surface area contributed by atoms with E-state index in [-0.39, 0.29) is 17.5 Å². The van der Waals surface area contributed by atoms with Gasteiger partial charge < -0.3 is 10.1 Å². The second-order valence-corrected chi connectivity index (χ2v) is 7.02. The van der Waals surface area contributed by atoms with Gasteiger partial charge in [-0.1, -0.05) is 12.1 Å². The standard InChI is InChI=1S/C20H17F4N3O2/c21-14-5-3-13(4-6-14)18-17(12-1-2-12)11-27(26-18)19(28)25-15-7-9-16(10-8-15)29-20(22,23)24/h3-10,12,17H,1-2,11H2,(H,25,28). The lowest BCUT2D eigenvalue weighted by Crippen LogP contribution is -2.31. The molecule has 152 valence electrons. The summed E-state index contributed by atoms with van der Waals surface area (Å²) in [7, 11) is 0. The molecule has 1 heterocycles. The summed E-state index contributed by atoms with van der Waals surface area (Å²) >= 11 is 0. The number of hydrogen-bond donors (Lipinski definition) is 1. The van der Waals surface area contributed by atoms with Gasteiger partial charge >= 0.3 is 12.4 Å². The van der Waals surface area contributed by atoms with Crippen LogP contribution in [0.1, 0.15) is 18.4 Å². The van der Waals surface area contributed by atoms with Crippen LogP contribution in [0.3, 0.4) is 0 Å². The zero-order valence-electron chi connectivity index (χ0n) is 15.1. The zero-order valence-corrected chi connectivity index (χ0v) is 15.1. The summed E-state index contributed by atoms with van der Waals surface area (Å²) in [4.78, 5) is 12.6. The van der Waals surface area contributed by atoms with Crippen LogP contribution < -0.4 is 10.1 Å². The lowest BCUT2D eigenvalue weighted by atomic mass is 9.93. The lowest BCUT2D eigenvalue weighted by molar-refractivity contribution is -0.274. The maximum Gasteiger partial charge on any atom is 0.573 e. The molecular weight excluding hydrogens is 390 g/mol. The molecular formula is C20H17F4N3O2. The van der Waals surface area contributed by atoms with Crippen molar-refractivity contribution in [1.29, 1.82) is 0 Å².